The number of ketones is 1. The van der Waals surface area contributed by atoms with Crippen molar-refractivity contribution in [3.8, 4) is 11.5 Å². The van der Waals surface area contributed by atoms with Gasteiger partial charge in [-0.2, -0.15) is 0 Å². The molecule has 3 rings (SSSR count). The van der Waals surface area contributed by atoms with E-state index in [-0.39, 0.29) is 31.8 Å². The first-order chi connectivity index (χ1) is 16.5. The van der Waals surface area contributed by atoms with Crippen LogP contribution in [-0.4, -0.2) is 39.2 Å². The van der Waals surface area contributed by atoms with Crippen molar-refractivity contribution in [2.24, 2.45) is 0 Å². The van der Waals surface area contributed by atoms with Gasteiger partial charge >= 0.3 is 5.97 Å². The molecule has 0 saturated carbocycles. The van der Waals surface area contributed by atoms with Crippen LogP contribution in [0.1, 0.15) is 36.5 Å². The molecule has 0 N–H and O–H groups in total. The van der Waals surface area contributed by atoms with Crippen LogP contribution in [0.25, 0.3) is 0 Å². The molecule has 34 heavy (non-hydrogen) atoms. The summed E-state index contributed by atoms with van der Waals surface area (Å²) >= 11 is 0. The topological polar surface area (TPSA) is 71.1 Å². The number of carbonyl (C=O) groups is 2. The molecular weight excluding hydrogens is 432 g/mol. The van der Waals surface area contributed by atoms with E-state index >= 15 is 0 Å². The van der Waals surface area contributed by atoms with E-state index in [4.69, 9.17) is 18.9 Å². The van der Waals surface area contributed by atoms with Gasteiger partial charge in [-0.05, 0) is 47.9 Å². The lowest BCUT2D eigenvalue weighted by Gasteiger charge is -2.36. The number of esters is 1. The summed E-state index contributed by atoms with van der Waals surface area (Å²) < 4.78 is 22.6. The summed E-state index contributed by atoms with van der Waals surface area (Å²) in [6, 6.07) is 25.3. The lowest BCUT2D eigenvalue weighted by Crippen LogP contribution is -2.34. The van der Waals surface area contributed by atoms with E-state index in [1.54, 1.807) is 14.2 Å². The van der Waals surface area contributed by atoms with Crippen molar-refractivity contribution in [2.75, 3.05) is 27.4 Å². The van der Waals surface area contributed by atoms with E-state index in [0.29, 0.717) is 0 Å². The highest BCUT2D eigenvalue weighted by Crippen LogP contribution is 2.41. The van der Waals surface area contributed by atoms with Gasteiger partial charge in [0, 0.05) is 6.42 Å². The fourth-order valence-electron chi connectivity index (χ4n) is 3.77. The summed E-state index contributed by atoms with van der Waals surface area (Å²) in [6.07, 6.45) is 0.238. The molecule has 3 aromatic rings. The molecule has 0 radical (unpaired) electrons. The summed E-state index contributed by atoms with van der Waals surface area (Å²) in [5, 5.41) is 0. The monoisotopic (exact) mass is 462 g/mol. The highest BCUT2D eigenvalue weighted by molar-refractivity contribution is 5.80. The standard InChI is InChI=1S/C28H30O6/c1-21(29)9-18-27(30)33-19-20-34-28(22-7-5-4-6-8-22,23-10-14-25(31-2)15-11-23)24-12-16-26(32-3)17-13-24/h4-8,10-17H,9,18-20H2,1-3H3. The molecule has 0 amide bonds. The van der Waals surface area contributed by atoms with Gasteiger partial charge in [0.2, 0.25) is 0 Å². The van der Waals surface area contributed by atoms with Crippen molar-refractivity contribution in [1.82, 2.24) is 0 Å². The van der Waals surface area contributed by atoms with E-state index in [1.165, 1.54) is 6.92 Å². The van der Waals surface area contributed by atoms with Crippen LogP contribution in [0.15, 0.2) is 78.9 Å². The second-order valence-corrected chi connectivity index (χ2v) is 7.78. The van der Waals surface area contributed by atoms with Gasteiger partial charge in [-0.15, -0.1) is 0 Å². The van der Waals surface area contributed by atoms with Crippen molar-refractivity contribution in [1.29, 1.82) is 0 Å². The van der Waals surface area contributed by atoms with Gasteiger partial charge in [0.25, 0.3) is 0 Å². The molecular formula is C28H30O6. The maximum atomic E-state index is 12.0. The van der Waals surface area contributed by atoms with Crippen molar-refractivity contribution >= 4 is 11.8 Å². The number of Topliss-reactive ketones (excluding diaryl/α,β-unsaturated/α-hetero) is 1. The minimum Gasteiger partial charge on any atom is -0.497 e. The zero-order chi connectivity index (χ0) is 24.4. The third-order valence-electron chi connectivity index (χ3n) is 5.52. The van der Waals surface area contributed by atoms with Gasteiger partial charge in [-0.1, -0.05) is 54.6 Å². The van der Waals surface area contributed by atoms with Crippen molar-refractivity contribution < 1.29 is 28.5 Å². The fraction of sp³-hybridized carbons (Fsp3) is 0.286. The number of carbonyl (C=O) groups excluding carboxylic acids is 2. The Balaban J connectivity index is 1.97. The highest BCUT2D eigenvalue weighted by Gasteiger charge is 2.37. The number of methoxy groups -OCH3 is 2. The molecule has 0 aromatic heterocycles. The highest BCUT2D eigenvalue weighted by atomic mass is 16.6. The van der Waals surface area contributed by atoms with Crippen molar-refractivity contribution in [2.45, 2.75) is 25.4 Å². The maximum absolute atomic E-state index is 12.0. The summed E-state index contributed by atoms with van der Waals surface area (Å²) in [6.45, 7) is 1.67. The third kappa shape index (κ3) is 6.02. The average Bonchev–Trinajstić information content (AvgIpc) is 2.88. The van der Waals surface area contributed by atoms with Crippen LogP contribution in [0.4, 0.5) is 0 Å². The van der Waals surface area contributed by atoms with E-state index in [0.717, 1.165) is 28.2 Å². The first-order valence-electron chi connectivity index (χ1n) is 11.1. The number of rotatable bonds is 12. The first-order valence-corrected chi connectivity index (χ1v) is 11.1. The van der Waals surface area contributed by atoms with Gasteiger partial charge in [0.1, 0.15) is 29.5 Å². The lowest BCUT2D eigenvalue weighted by atomic mass is 9.80. The van der Waals surface area contributed by atoms with Crippen LogP contribution < -0.4 is 9.47 Å². The lowest BCUT2D eigenvalue weighted by molar-refractivity contribution is -0.147. The maximum Gasteiger partial charge on any atom is 0.306 e. The van der Waals surface area contributed by atoms with E-state index < -0.39 is 11.6 Å². The van der Waals surface area contributed by atoms with Crippen LogP contribution in [0.5, 0.6) is 11.5 Å². The Morgan fingerprint density at radius 3 is 1.65 bits per heavy atom. The van der Waals surface area contributed by atoms with Crippen LogP contribution in [0.2, 0.25) is 0 Å². The van der Waals surface area contributed by atoms with E-state index in [2.05, 4.69) is 0 Å². The van der Waals surface area contributed by atoms with Crippen LogP contribution >= 0.6 is 0 Å². The third-order valence-corrected chi connectivity index (χ3v) is 5.52. The Kier molecular flexibility index (Phi) is 8.82. The molecule has 0 aliphatic rings. The van der Waals surface area contributed by atoms with E-state index in [9.17, 15) is 9.59 Å². The molecule has 0 saturated heterocycles. The molecule has 0 heterocycles. The predicted octanol–water partition coefficient (Wildman–Crippen LogP) is 4.92. The molecule has 0 bridgehead atoms. The van der Waals surface area contributed by atoms with E-state index in [1.807, 2.05) is 78.9 Å². The van der Waals surface area contributed by atoms with Crippen molar-refractivity contribution in [3.63, 3.8) is 0 Å². The molecule has 3 aromatic carbocycles. The first kappa shape index (κ1) is 25.0. The Morgan fingerprint density at radius 2 is 1.18 bits per heavy atom. The number of hydrogen-bond acceptors (Lipinski definition) is 6. The number of benzene rings is 3. The Morgan fingerprint density at radius 1 is 0.676 bits per heavy atom. The molecule has 0 fully saturated rings. The summed E-state index contributed by atoms with van der Waals surface area (Å²) in [5.41, 5.74) is 1.75. The largest absolute Gasteiger partial charge is 0.497 e. The predicted molar refractivity (Wildman–Crippen MR) is 129 cm³/mol. The Hall–Kier alpha value is -3.64. The molecule has 0 spiro atoms. The molecule has 178 valence electrons. The SMILES string of the molecule is COc1ccc(C(OCCOC(=O)CCC(C)=O)(c2ccccc2)c2ccc(OC)cc2)cc1. The summed E-state index contributed by atoms with van der Waals surface area (Å²) in [7, 11) is 3.25. The minimum absolute atomic E-state index is 0.0460. The van der Waals surface area contributed by atoms with Gasteiger partial charge in [-0.25, -0.2) is 0 Å². The normalized spacial score (nSPS) is 11.0. The van der Waals surface area contributed by atoms with Crippen LogP contribution in [-0.2, 0) is 24.7 Å². The molecule has 6 nitrogen and oxygen atoms in total. The Labute approximate surface area is 200 Å². The zero-order valence-corrected chi connectivity index (χ0v) is 19.8. The number of ether oxygens (including phenoxy) is 4. The fourth-order valence-corrected chi connectivity index (χ4v) is 3.77. The summed E-state index contributed by atoms with van der Waals surface area (Å²) in [5.74, 6) is 1.01. The van der Waals surface area contributed by atoms with Gasteiger partial charge in [0.05, 0.1) is 27.2 Å². The molecule has 6 heteroatoms. The minimum atomic E-state index is -0.967. The quantitative estimate of drug-likeness (QED) is 0.216. The van der Waals surface area contributed by atoms with Gasteiger partial charge in [0.15, 0.2) is 0 Å². The Bertz CT molecular complexity index is 1010. The molecule has 0 aliphatic heterocycles. The van der Waals surface area contributed by atoms with Crippen molar-refractivity contribution in [3.05, 3.63) is 95.6 Å². The van der Waals surface area contributed by atoms with Crippen LogP contribution in [0, 0.1) is 0 Å². The molecule has 0 atom stereocenters. The molecule has 0 unspecified atom stereocenters. The summed E-state index contributed by atoms with van der Waals surface area (Å²) in [4.78, 5) is 23.1. The average molecular weight is 463 g/mol. The smallest absolute Gasteiger partial charge is 0.306 e. The molecule has 0 aliphatic carbocycles. The van der Waals surface area contributed by atoms with Crippen LogP contribution in [0.3, 0.4) is 0 Å². The number of hydrogen-bond donors (Lipinski definition) is 0. The van der Waals surface area contributed by atoms with Gasteiger partial charge < -0.3 is 23.7 Å². The zero-order valence-electron chi connectivity index (χ0n) is 19.8. The second kappa shape index (κ2) is 12.0. The second-order valence-electron chi connectivity index (χ2n) is 7.78. The van der Waals surface area contributed by atoms with Gasteiger partial charge in [-0.3, -0.25) is 4.79 Å².